The van der Waals surface area contributed by atoms with Gasteiger partial charge in [0.05, 0.1) is 24.8 Å². The lowest BCUT2D eigenvalue weighted by molar-refractivity contribution is -0.140. The van der Waals surface area contributed by atoms with Crippen molar-refractivity contribution in [1.82, 2.24) is 0 Å². The Hall–Kier alpha value is -3.01. The Kier molecular flexibility index (Phi) is 8.60. The van der Waals surface area contributed by atoms with Gasteiger partial charge < -0.3 is 14.9 Å². The molecule has 1 fully saturated rings. The first-order chi connectivity index (χ1) is 16.3. The molecule has 0 amide bonds. The number of nitriles is 1. The smallest absolute Gasteiger partial charge is 0.305 e. The molecular formula is C28H33NO5. The normalized spacial score (nSPS) is 19.8. The second kappa shape index (κ2) is 11.4. The van der Waals surface area contributed by atoms with Gasteiger partial charge >= 0.3 is 5.97 Å². The van der Waals surface area contributed by atoms with E-state index < -0.39 is 6.10 Å². The molecule has 6 nitrogen and oxygen atoms in total. The highest BCUT2D eigenvalue weighted by Gasteiger charge is 2.41. The summed E-state index contributed by atoms with van der Waals surface area (Å²) in [6.07, 6.45) is 1.73. The Labute approximate surface area is 201 Å². The number of rotatable bonds is 9. The maximum absolute atomic E-state index is 12.8. The number of ether oxygens (including phenoxy) is 1. The number of nitrogens with zero attached hydrogens (tertiary/aromatic N) is 1. The zero-order chi connectivity index (χ0) is 24.8. The van der Waals surface area contributed by atoms with E-state index in [1.54, 1.807) is 6.07 Å². The molecule has 34 heavy (non-hydrogen) atoms. The lowest BCUT2D eigenvalue weighted by Crippen LogP contribution is -2.25. The lowest BCUT2D eigenvalue weighted by Gasteiger charge is -2.22. The number of ketones is 1. The molecule has 1 aliphatic carbocycles. The van der Waals surface area contributed by atoms with E-state index in [2.05, 4.69) is 18.2 Å². The molecule has 2 unspecified atom stereocenters. The van der Waals surface area contributed by atoms with Crippen LogP contribution in [-0.2, 0) is 40.0 Å². The second-order valence-electron chi connectivity index (χ2n) is 9.28. The zero-order valence-electron chi connectivity index (χ0n) is 20.1. The number of Topliss-reactive ketones (excluding diaryl/α,β-unsaturated/α-hetero) is 1. The van der Waals surface area contributed by atoms with Crippen molar-refractivity contribution in [2.24, 2.45) is 11.8 Å². The van der Waals surface area contributed by atoms with E-state index in [-0.39, 0.29) is 43.0 Å². The number of aryl methyl sites for hydroxylation is 3. The fourth-order valence-corrected chi connectivity index (χ4v) is 5.22. The Balaban J connectivity index is 1.81. The summed E-state index contributed by atoms with van der Waals surface area (Å²) in [7, 11) is 1.34. The van der Waals surface area contributed by atoms with E-state index in [0.717, 1.165) is 33.4 Å². The third-order valence-corrected chi connectivity index (χ3v) is 7.00. The first kappa shape index (κ1) is 25.6. The molecule has 1 saturated carbocycles. The summed E-state index contributed by atoms with van der Waals surface area (Å²) < 4.78 is 4.71. The molecule has 6 heteroatoms. The molecular weight excluding hydrogens is 430 g/mol. The van der Waals surface area contributed by atoms with Gasteiger partial charge in [0.15, 0.2) is 0 Å². The van der Waals surface area contributed by atoms with Gasteiger partial charge in [0.2, 0.25) is 0 Å². The van der Waals surface area contributed by atoms with Crippen molar-refractivity contribution in [2.75, 3.05) is 13.7 Å². The largest absolute Gasteiger partial charge is 0.469 e. The number of hydrogen-bond acceptors (Lipinski definition) is 6. The number of carbonyl (C=O) groups excluding carboxylic acids is 2. The number of methoxy groups -OCH3 is 1. The molecule has 0 aliphatic heterocycles. The van der Waals surface area contributed by atoms with Gasteiger partial charge in [-0.05, 0) is 84.9 Å². The molecule has 2 aromatic rings. The third kappa shape index (κ3) is 5.91. The molecule has 0 saturated heterocycles. The number of carbonyl (C=O) groups is 2. The van der Waals surface area contributed by atoms with Crippen LogP contribution in [0.2, 0.25) is 0 Å². The lowest BCUT2D eigenvalue weighted by atomic mass is 9.82. The van der Waals surface area contributed by atoms with Crippen molar-refractivity contribution in [3.63, 3.8) is 0 Å². The number of hydrogen-bond donors (Lipinski definition) is 2. The van der Waals surface area contributed by atoms with Crippen LogP contribution in [0.1, 0.15) is 51.8 Å². The van der Waals surface area contributed by atoms with Gasteiger partial charge in [-0.3, -0.25) is 9.59 Å². The fourth-order valence-electron chi connectivity index (χ4n) is 5.22. The van der Waals surface area contributed by atoms with Crippen LogP contribution in [-0.4, -0.2) is 41.8 Å². The topological polar surface area (TPSA) is 108 Å². The average molecular weight is 464 g/mol. The average Bonchev–Trinajstić information content (AvgIpc) is 3.06. The second-order valence-corrected chi connectivity index (χ2v) is 9.28. The van der Waals surface area contributed by atoms with Crippen LogP contribution >= 0.6 is 0 Å². The van der Waals surface area contributed by atoms with Gasteiger partial charge in [-0.1, -0.05) is 24.3 Å². The molecule has 2 N–H and O–H groups in total. The van der Waals surface area contributed by atoms with Gasteiger partial charge in [0.1, 0.15) is 5.78 Å². The first-order valence-corrected chi connectivity index (χ1v) is 11.8. The molecule has 180 valence electrons. The van der Waals surface area contributed by atoms with Crippen LogP contribution in [0, 0.1) is 37.0 Å². The van der Waals surface area contributed by atoms with E-state index in [1.165, 1.54) is 7.11 Å². The minimum Gasteiger partial charge on any atom is -0.469 e. The molecule has 3 atom stereocenters. The maximum Gasteiger partial charge on any atom is 0.305 e. The predicted octanol–water partition coefficient (Wildman–Crippen LogP) is 3.17. The fraction of sp³-hybridized carbons (Fsp3) is 0.464. The van der Waals surface area contributed by atoms with Gasteiger partial charge in [-0.15, -0.1) is 0 Å². The first-order valence-electron chi connectivity index (χ1n) is 11.8. The van der Waals surface area contributed by atoms with Crippen molar-refractivity contribution in [2.45, 2.75) is 58.5 Å². The van der Waals surface area contributed by atoms with Gasteiger partial charge in [0, 0.05) is 25.4 Å². The van der Waals surface area contributed by atoms with E-state index in [1.807, 2.05) is 26.0 Å². The highest BCUT2D eigenvalue weighted by atomic mass is 16.5. The summed E-state index contributed by atoms with van der Waals surface area (Å²) in [5, 5.41) is 29.5. The Morgan fingerprint density at radius 2 is 1.82 bits per heavy atom. The van der Waals surface area contributed by atoms with Crippen LogP contribution < -0.4 is 0 Å². The van der Waals surface area contributed by atoms with Crippen LogP contribution in [0.15, 0.2) is 30.3 Å². The van der Waals surface area contributed by atoms with Crippen molar-refractivity contribution in [1.29, 1.82) is 5.26 Å². The van der Waals surface area contributed by atoms with Crippen molar-refractivity contribution < 1.29 is 24.5 Å². The molecule has 0 spiro atoms. The van der Waals surface area contributed by atoms with Crippen LogP contribution in [0.3, 0.4) is 0 Å². The minimum atomic E-state index is -0.706. The van der Waals surface area contributed by atoms with Gasteiger partial charge in [0.25, 0.3) is 0 Å². The number of benzene rings is 2. The summed E-state index contributed by atoms with van der Waals surface area (Å²) in [6.45, 7) is 4.15. The third-order valence-electron chi connectivity index (χ3n) is 7.00. The zero-order valence-corrected chi connectivity index (χ0v) is 20.1. The van der Waals surface area contributed by atoms with Crippen molar-refractivity contribution in [3.05, 3.63) is 69.3 Å². The van der Waals surface area contributed by atoms with Crippen LogP contribution in [0.25, 0.3) is 0 Å². The monoisotopic (exact) mass is 463 g/mol. The highest BCUT2D eigenvalue weighted by Crippen LogP contribution is 2.35. The summed E-state index contributed by atoms with van der Waals surface area (Å²) >= 11 is 0. The van der Waals surface area contributed by atoms with E-state index in [4.69, 9.17) is 4.74 Å². The van der Waals surface area contributed by atoms with Crippen molar-refractivity contribution in [3.8, 4) is 6.07 Å². The molecule has 1 aliphatic rings. The SMILES string of the molecule is COC(=O)CCc1cc(C[C@H]2C(O)CC(=O)C2Cc2cc(C)c(CCO)c(C)c2)ccc1C#N. The number of aliphatic hydroxyl groups excluding tert-OH is 2. The van der Waals surface area contributed by atoms with Crippen LogP contribution in [0.5, 0.6) is 0 Å². The molecule has 0 radical (unpaired) electrons. The molecule has 2 aromatic carbocycles. The molecule has 0 heterocycles. The highest BCUT2D eigenvalue weighted by molar-refractivity contribution is 5.84. The maximum atomic E-state index is 12.8. The predicted molar refractivity (Wildman–Crippen MR) is 128 cm³/mol. The van der Waals surface area contributed by atoms with E-state index >= 15 is 0 Å². The molecule has 0 bridgehead atoms. The molecule has 0 aromatic heterocycles. The summed E-state index contributed by atoms with van der Waals surface area (Å²) in [6, 6.07) is 11.9. The number of esters is 1. The van der Waals surface area contributed by atoms with Gasteiger partial charge in [-0.2, -0.15) is 5.26 Å². The molecule has 3 rings (SSSR count). The minimum absolute atomic E-state index is 0.0757. The van der Waals surface area contributed by atoms with Gasteiger partial charge in [-0.25, -0.2) is 0 Å². The standard InChI is InChI=1S/C28H33NO5/c1-17-10-20(11-18(2)23(17)8-9-30)14-25-24(26(31)15-27(25)32)13-19-4-5-22(16-29)21(12-19)6-7-28(33)34-3/h4-5,10-12,24-26,30-31H,6-9,13-15H2,1-3H3/t24-,25?,26?/m1/s1. The Morgan fingerprint density at radius 3 is 2.44 bits per heavy atom. The van der Waals surface area contributed by atoms with E-state index in [0.29, 0.717) is 31.2 Å². The Bertz CT molecular complexity index is 1080. The Morgan fingerprint density at radius 1 is 1.12 bits per heavy atom. The van der Waals surface area contributed by atoms with Crippen LogP contribution in [0.4, 0.5) is 0 Å². The van der Waals surface area contributed by atoms with E-state index in [9.17, 15) is 25.1 Å². The quantitative estimate of drug-likeness (QED) is 0.553. The summed E-state index contributed by atoms with van der Waals surface area (Å²) in [5.74, 6) is -0.758. The summed E-state index contributed by atoms with van der Waals surface area (Å²) in [5.41, 5.74) is 6.63. The van der Waals surface area contributed by atoms with Crippen molar-refractivity contribution >= 4 is 11.8 Å². The number of aliphatic hydroxyl groups is 2. The summed E-state index contributed by atoms with van der Waals surface area (Å²) in [4.78, 5) is 24.4.